The van der Waals surface area contributed by atoms with E-state index in [9.17, 15) is 20.0 Å². The molecule has 102 valence electrons. The Kier molecular flexibility index (Phi) is 3.47. The van der Waals surface area contributed by atoms with Gasteiger partial charge in [-0.05, 0) is 28.1 Å². The van der Waals surface area contributed by atoms with E-state index in [4.69, 9.17) is 5.11 Å². The van der Waals surface area contributed by atoms with Gasteiger partial charge < -0.3 is 25.6 Å². The van der Waals surface area contributed by atoms with Crippen LogP contribution in [0.4, 0.5) is 17.2 Å². The summed E-state index contributed by atoms with van der Waals surface area (Å²) in [6, 6.07) is 6.63. The van der Waals surface area contributed by atoms with Gasteiger partial charge in [-0.2, -0.15) is 0 Å². The minimum Gasteiger partial charge on any atom is -0.507 e. The summed E-state index contributed by atoms with van der Waals surface area (Å²) in [7, 11) is 0. The number of nitro groups is 1. The van der Waals surface area contributed by atoms with Gasteiger partial charge >= 0.3 is 11.8 Å². The van der Waals surface area contributed by atoms with Gasteiger partial charge in [-0.25, -0.2) is 4.79 Å². The third-order valence-electron chi connectivity index (χ3n) is 2.45. The highest BCUT2D eigenvalue weighted by atomic mass is 16.6. The van der Waals surface area contributed by atoms with Crippen molar-refractivity contribution >= 4 is 23.2 Å². The lowest BCUT2D eigenvalue weighted by atomic mass is 10.2. The Morgan fingerprint density at radius 3 is 2.45 bits per heavy atom. The average molecular weight is 275 g/mol. The van der Waals surface area contributed by atoms with Crippen molar-refractivity contribution in [2.75, 3.05) is 5.32 Å². The number of aromatic nitrogens is 1. The van der Waals surface area contributed by atoms with Gasteiger partial charge in [0.05, 0.1) is 5.69 Å². The Hall–Kier alpha value is -3.16. The lowest BCUT2D eigenvalue weighted by Crippen LogP contribution is -1.98. The highest BCUT2D eigenvalue weighted by molar-refractivity contribution is 5.91. The topological polar surface area (TPSA) is 126 Å². The Balaban J connectivity index is 2.19. The van der Waals surface area contributed by atoms with Crippen LogP contribution in [0.5, 0.6) is 5.75 Å². The van der Waals surface area contributed by atoms with Gasteiger partial charge in [0.1, 0.15) is 11.3 Å². The van der Waals surface area contributed by atoms with Gasteiger partial charge in [0, 0.05) is 17.8 Å². The second kappa shape index (κ2) is 5.22. The van der Waals surface area contributed by atoms with Crippen LogP contribution in [0.25, 0.3) is 0 Å². The number of hydrogen-bond acceptors (Lipinski definition) is 6. The summed E-state index contributed by atoms with van der Waals surface area (Å²) in [6.45, 7) is 0. The molecular formula is C12H9N3O5. The van der Waals surface area contributed by atoms with E-state index in [0.717, 1.165) is 0 Å². The number of hydrogen-bond donors (Lipinski definition) is 3. The van der Waals surface area contributed by atoms with Crippen LogP contribution in [0.1, 0.15) is 10.4 Å². The van der Waals surface area contributed by atoms with Crippen molar-refractivity contribution in [3.8, 4) is 5.75 Å². The molecule has 0 saturated carbocycles. The van der Waals surface area contributed by atoms with Crippen molar-refractivity contribution in [3.05, 3.63) is 52.2 Å². The summed E-state index contributed by atoms with van der Waals surface area (Å²) in [5, 5.41) is 31.6. The maximum Gasteiger partial charge on any atom is 0.363 e. The van der Waals surface area contributed by atoms with Crippen molar-refractivity contribution in [1.29, 1.82) is 0 Å². The number of carbonyl (C=O) groups is 1. The first-order valence-electron chi connectivity index (χ1n) is 5.41. The van der Waals surface area contributed by atoms with Crippen LogP contribution in [-0.4, -0.2) is 26.1 Å². The third kappa shape index (κ3) is 2.80. The Labute approximate surface area is 112 Å². The van der Waals surface area contributed by atoms with Crippen LogP contribution in [0, 0.1) is 10.1 Å². The summed E-state index contributed by atoms with van der Waals surface area (Å²) >= 11 is 0. The van der Waals surface area contributed by atoms with Crippen molar-refractivity contribution < 1.29 is 19.9 Å². The van der Waals surface area contributed by atoms with Crippen LogP contribution in [0.2, 0.25) is 0 Å². The van der Waals surface area contributed by atoms with Crippen molar-refractivity contribution in [2.24, 2.45) is 0 Å². The molecule has 1 aromatic heterocycles. The second-order valence-corrected chi connectivity index (χ2v) is 3.82. The van der Waals surface area contributed by atoms with E-state index in [1.807, 2.05) is 0 Å². The molecule has 8 nitrogen and oxygen atoms in total. The van der Waals surface area contributed by atoms with Crippen LogP contribution < -0.4 is 5.32 Å². The minimum atomic E-state index is -1.23. The van der Waals surface area contributed by atoms with Crippen LogP contribution >= 0.6 is 0 Å². The molecule has 3 N–H and O–H groups in total. The van der Waals surface area contributed by atoms with Crippen molar-refractivity contribution in [2.45, 2.75) is 0 Å². The van der Waals surface area contributed by atoms with Crippen molar-refractivity contribution in [3.63, 3.8) is 0 Å². The molecule has 8 heteroatoms. The highest BCUT2D eigenvalue weighted by Gasteiger charge is 2.10. The normalized spacial score (nSPS) is 10.0. The number of carboxylic acids is 1. The largest absolute Gasteiger partial charge is 0.507 e. The van der Waals surface area contributed by atoms with E-state index in [-0.39, 0.29) is 17.1 Å². The van der Waals surface area contributed by atoms with Gasteiger partial charge in [0.15, 0.2) is 6.20 Å². The fourth-order valence-electron chi connectivity index (χ4n) is 1.52. The highest BCUT2D eigenvalue weighted by Crippen LogP contribution is 2.24. The quantitative estimate of drug-likeness (QED) is 0.576. The molecule has 0 aliphatic rings. The molecule has 1 heterocycles. The molecule has 0 bridgehead atoms. The van der Waals surface area contributed by atoms with E-state index in [1.165, 1.54) is 36.5 Å². The lowest BCUT2D eigenvalue weighted by Gasteiger charge is -2.06. The number of aromatic hydroxyl groups is 1. The molecule has 0 unspecified atom stereocenters. The van der Waals surface area contributed by atoms with Gasteiger partial charge in [-0.3, -0.25) is 0 Å². The first-order valence-corrected chi connectivity index (χ1v) is 5.41. The van der Waals surface area contributed by atoms with Crippen LogP contribution in [0.15, 0.2) is 36.5 Å². The maximum atomic E-state index is 10.7. The van der Waals surface area contributed by atoms with E-state index in [2.05, 4.69) is 10.3 Å². The van der Waals surface area contributed by atoms with Crippen molar-refractivity contribution in [1.82, 2.24) is 4.98 Å². The number of benzene rings is 1. The molecule has 0 saturated heterocycles. The summed E-state index contributed by atoms with van der Waals surface area (Å²) in [6.07, 6.45) is 1.26. The molecule has 2 rings (SSSR count). The van der Waals surface area contributed by atoms with E-state index in [1.54, 1.807) is 0 Å². The van der Waals surface area contributed by atoms with Gasteiger partial charge in [0.25, 0.3) is 0 Å². The summed E-state index contributed by atoms with van der Waals surface area (Å²) in [4.78, 5) is 24.2. The minimum absolute atomic E-state index is 0.211. The number of pyridine rings is 1. The maximum absolute atomic E-state index is 10.7. The Bertz CT molecular complexity index is 669. The molecular weight excluding hydrogens is 266 g/mol. The van der Waals surface area contributed by atoms with Gasteiger partial charge in [-0.15, -0.1) is 0 Å². The summed E-state index contributed by atoms with van der Waals surface area (Å²) in [5.41, 5.74) is 0.693. The average Bonchev–Trinajstić information content (AvgIpc) is 2.39. The lowest BCUT2D eigenvalue weighted by molar-refractivity contribution is -0.389. The fourth-order valence-corrected chi connectivity index (χ4v) is 1.52. The Morgan fingerprint density at radius 2 is 1.95 bits per heavy atom. The van der Waals surface area contributed by atoms with E-state index >= 15 is 0 Å². The van der Waals surface area contributed by atoms with Crippen LogP contribution in [0.3, 0.4) is 0 Å². The number of nitrogens with zero attached hydrogens (tertiary/aromatic N) is 2. The smallest absolute Gasteiger partial charge is 0.363 e. The molecule has 0 spiro atoms. The first kappa shape index (κ1) is 13.3. The molecule has 2 aromatic rings. The number of nitrogens with one attached hydrogen (secondary N) is 1. The first-order chi connectivity index (χ1) is 9.47. The van der Waals surface area contributed by atoms with Gasteiger partial charge in [-0.1, -0.05) is 0 Å². The number of phenols is 1. The molecule has 20 heavy (non-hydrogen) atoms. The van der Waals surface area contributed by atoms with Crippen LogP contribution in [-0.2, 0) is 0 Å². The second-order valence-electron chi connectivity index (χ2n) is 3.82. The number of aromatic carboxylic acids is 1. The number of carboxylic acid groups (broad SMARTS) is 1. The third-order valence-corrected chi connectivity index (χ3v) is 2.45. The fraction of sp³-hybridized carbons (Fsp3) is 0. The predicted octanol–water partition coefficient (Wildman–Crippen LogP) is 2.14. The summed E-state index contributed by atoms with van der Waals surface area (Å²) in [5.74, 6) is -1.89. The monoisotopic (exact) mass is 275 g/mol. The standard InChI is InChI=1S/C12H9N3O5/c16-10-5-7(1-3-9(10)12(17)18)14-8-2-4-11(13-6-8)15(19)20/h1-6,14,16H,(H,17,18). The molecule has 0 radical (unpaired) electrons. The SMILES string of the molecule is O=C(O)c1ccc(Nc2ccc([N+](=O)[O-])nc2)cc1O. The molecule has 0 aliphatic carbocycles. The predicted molar refractivity (Wildman–Crippen MR) is 69.2 cm³/mol. The van der Waals surface area contributed by atoms with E-state index < -0.39 is 10.9 Å². The van der Waals surface area contributed by atoms with Gasteiger partial charge in [0.2, 0.25) is 0 Å². The van der Waals surface area contributed by atoms with E-state index in [0.29, 0.717) is 11.4 Å². The molecule has 0 fully saturated rings. The molecule has 0 aliphatic heterocycles. The zero-order chi connectivity index (χ0) is 14.7. The molecule has 1 aromatic carbocycles. The molecule has 0 amide bonds. The zero-order valence-electron chi connectivity index (χ0n) is 9.98. The number of rotatable bonds is 4. The Morgan fingerprint density at radius 1 is 1.25 bits per heavy atom. The summed E-state index contributed by atoms with van der Waals surface area (Å²) < 4.78 is 0. The zero-order valence-corrected chi connectivity index (χ0v) is 9.98. The molecule has 0 atom stereocenters. The number of anilines is 2.